The molecule has 0 radical (unpaired) electrons. The van der Waals surface area contributed by atoms with Crippen LogP contribution in [-0.2, 0) is 0 Å². The molecular weight excluding hydrogens is 234 g/mol. The van der Waals surface area contributed by atoms with Crippen LogP contribution in [0.3, 0.4) is 0 Å². The zero-order valence-corrected chi connectivity index (χ0v) is 9.50. The number of nitrogens with zero attached hydrogens (tertiary/aromatic N) is 1. The van der Waals surface area contributed by atoms with E-state index in [1.807, 2.05) is 0 Å². The highest BCUT2D eigenvalue weighted by Crippen LogP contribution is 2.26. The van der Waals surface area contributed by atoms with Crippen LogP contribution in [0.4, 0.5) is 0 Å². The Balaban J connectivity index is 2.42. The van der Waals surface area contributed by atoms with Crippen molar-refractivity contribution in [1.82, 2.24) is 4.98 Å². The summed E-state index contributed by atoms with van der Waals surface area (Å²) in [6, 6.07) is 4.64. The van der Waals surface area contributed by atoms with E-state index in [1.54, 1.807) is 12.1 Å². The van der Waals surface area contributed by atoms with Crippen LogP contribution in [-0.4, -0.2) is 22.7 Å². The molecule has 0 aliphatic carbocycles. The zero-order chi connectivity index (χ0) is 13.0. The Hall–Kier alpha value is -2.56. The first-order valence-electron chi connectivity index (χ1n) is 5.21. The molecule has 92 valence electrons. The molecule has 5 heteroatoms. The summed E-state index contributed by atoms with van der Waals surface area (Å²) in [6.07, 6.45) is 4.38. The van der Waals surface area contributed by atoms with E-state index in [0.717, 1.165) is 0 Å². The van der Waals surface area contributed by atoms with Crippen molar-refractivity contribution in [3.63, 3.8) is 0 Å². The number of carboxylic acid groups (broad SMARTS) is 1. The molecule has 0 saturated carbocycles. The lowest BCUT2D eigenvalue weighted by atomic mass is 10.1. The van der Waals surface area contributed by atoms with Crippen molar-refractivity contribution in [3.05, 3.63) is 49.0 Å². The molecule has 0 spiro atoms. The predicted molar refractivity (Wildman–Crippen MR) is 64.6 cm³/mol. The molecule has 0 unspecified atom stereocenters. The average Bonchev–Trinajstić information content (AvgIpc) is 2.89. The van der Waals surface area contributed by atoms with Gasteiger partial charge in [-0.3, -0.25) is 0 Å². The number of hydrogen-bond acceptors (Lipinski definition) is 4. The molecule has 1 N–H and O–H groups in total. The molecule has 0 amide bonds. The average molecular weight is 245 g/mol. The molecule has 1 heterocycles. The molecular formula is C13H11NO4. The number of oxazole rings is 1. The van der Waals surface area contributed by atoms with Crippen LogP contribution < -0.4 is 4.74 Å². The third kappa shape index (κ3) is 2.57. The second-order valence-corrected chi connectivity index (χ2v) is 3.52. The standard InChI is InChI=1S/C13H11NO4/c1-2-3-17-11-5-9(12-7-14-8-18-12)4-10(6-11)13(15)16/h2,4-8H,1,3H2,(H,15,16). The van der Waals surface area contributed by atoms with Gasteiger partial charge in [-0.2, -0.15) is 0 Å². The van der Waals surface area contributed by atoms with Crippen LogP contribution in [0.25, 0.3) is 11.3 Å². The van der Waals surface area contributed by atoms with Crippen LogP contribution >= 0.6 is 0 Å². The highest BCUT2D eigenvalue weighted by molar-refractivity contribution is 5.89. The van der Waals surface area contributed by atoms with Crippen molar-refractivity contribution < 1.29 is 19.1 Å². The number of ether oxygens (including phenoxy) is 1. The van der Waals surface area contributed by atoms with E-state index >= 15 is 0 Å². The normalized spacial score (nSPS) is 10.0. The molecule has 0 aliphatic rings. The summed E-state index contributed by atoms with van der Waals surface area (Å²) in [5, 5.41) is 9.03. The summed E-state index contributed by atoms with van der Waals surface area (Å²) >= 11 is 0. The molecule has 0 bridgehead atoms. The quantitative estimate of drug-likeness (QED) is 0.819. The zero-order valence-electron chi connectivity index (χ0n) is 9.50. The van der Waals surface area contributed by atoms with E-state index < -0.39 is 5.97 Å². The van der Waals surface area contributed by atoms with E-state index in [-0.39, 0.29) is 5.56 Å². The highest BCUT2D eigenvalue weighted by atomic mass is 16.5. The minimum absolute atomic E-state index is 0.128. The summed E-state index contributed by atoms with van der Waals surface area (Å²) in [6.45, 7) is 3.84. The maximum atomic E-state index is 11.0. The Kier molecular flexibility index (Phi) is 3.43. The van der Waals surface area contributed by atoms with Gasteiger partial charge in [-0.05, 0) is 18.2 Å². The molecule has 5 nitrogen and oxygen atoms in total. The van der Waals surface area contributed by atoms with Gasteiger partial charge in [0, 0.05) is 5.56 Å². The van der Waals surface area contributed by atoms with Crippen LogP contribution in [0.2, 0.25) is 0 Å². The van der Waals surface area contributed by atoms with Crippen molar-refractivity contribution in [1.29, 1.82) is 0 Å². The third-order valence-corrected chi connectivity index (χ3v) is 2.24. The lowest BCUT2D eigenvalue weighted by Gasteiger charge is -2.06. The topological polar surface area (TPSA) is 72.6 Å². The number of carbonyl (C=O) groups is 1. The van der Waals surface area contributed by atoms with Crippen LogP contribution in [0.1, 0.15) is 10.4 Å². The number of aromatic nitrogens is 1. The molecule has 1 aromatic carbocycles. The maximum Gasteiger partial charge on any atom is 0.335 e. The van der Waals surface area contributed by atoms with Crippen LogP contribution in [0.15, 0.2) is 47.9 Å². The monoisotopic (exact) mass is 245 g/mol. The third-order valence-electron chi connectivity index (χ3n) is 2.24. The largest absolute Gasteiger partial charge is 0.490 e. The summed E-state index contributed by atoms with van der Waals surface area (Å²) in [4.78, 5) is 14.8. The lowest BCUT2D eigenvalue weighted by Crippen LogP contribution is -1.99. The van der Waals surface area contributed by atoms with Crippen LogP contribution in [0.5, 0.6) is 5.75 Å². The van der Waals surface area contributed by atoms with Gasteiger partial charge in [-0.15, -0.1) is 0 Å². The second kappa shape index (κ2) is 5.18. The SMILES string of the molecule is C=CCOc1cc(C(=O)O)cc(-c2cnco2)c1. The minimum atomic E-state index is -1.03. The Bertz CT molecular complexity index is 560. The summed E-state index contributed by atoms with van der Waals surface area (Å²) in [7, 11) is 0. The van der Waals surface area contributed by atoms with Gasteiger partial charge in [-0.25, -0.2) is 9.78 Å². The fraction of sp³-hybridized carbons (Fsp3) is 0.0769. The van der Waals surface area contributed by atoms with Gasteiger partial charge >= 0.3 is 5.97 Å². The minimum Gasteiger partial charge on any atom is -0.490 e. The molecule has 1 aromatic heterocycles. The van der Waals surface area contributed by atoms with E-state index in [4.69, 9.17) is 14.3 Å². The van der Waals surface area contributed by atoms with Crippen molar-refractivity contribution >= 4 is 5.97 Å². The van der Waals surface area contributed by atoms with Crippen molar-refractivity contribution in [3.8, 4) is 17.1 Å². The van der Waals surface area contributed by atoms with Crippen LogP contribution in [0, 0.1) is 0 Å². The first kappa shape index (κ1) is 11.9. The summed E-state index contributed by atoms with van der Waals surface area (Å²) in [5.41, 5.74) is 0.731. The summed E-state index contributed by atoms with van der Waals surface area (Å²) in [5.74, 6) is -0.0948. The van der Waals surface area contributed by atoms with Gasteiger partial charge in [0.15, 0.2) is 12.2 Å². The van der Waals surface area contributed by atoms with E-state index in [9.17, 15) is 4.79 Å². The Morgan fingerprint density at radius 2 is 2.33 bits per heavy atom. The van der Waals surface area contributed by atoms with E-state index in [1.165, 1.54) is 24.7 Å². The Labute approximate surface area is 103 Å². The van der Waals surface area contributed by atoms with Gasteiger partial charge in [0.25, 0.3) is 0 Å². The van der Waals surface area contributed by atoms with Crippen molar-refractivity contribution in [2.75, 3.05) is 6.61 Å². The molecule has 18 heavy (non-hydrogen) atoms. The van der Waals surface area contributed by atoms with Gasteiger partial charge < -0.3 is 14.3 Å². The predicted octanol–water partition coefficient (Wildman–Crippen LogP) is 2.60. The highest BCUT2D eigenvalue weighted by Gasteiger charge is 2.10. The van der Waals surface area contributed by atoms with Gasteiger partial charge in [0.2, 0.25) is 0 Å². The molecule has 0 atom stereocenters. The number of benzene rings is 1. The second-order valence-electron chi connectivity index (χ2n) is 3.52. The fourth-order valence-electron chi connectivity index (χ4n) is 1.46. The number of carboxylic acids is 1. The molecule has 0 fully saturated rings. The molecule has 2 rings (SSSR count). The number of hydrogen-bond donors (Lipinski definition) is 1. The summed E-state index contributed by atoms with van der Waals surface area (Å²) < 4.78 is 10.5. The Morgan fingerprint density at radius 3 is 2.94 bits per heavy atom. The molecule has 0 aliphatic heterocycles. The van der Waals surface area contributed by atoms with Crippen molar-refractivity contribution in [2.45, 2.75) is 0 Å². The van der Waals surface area contributed by atoms with E-state index in [0.29, 0.717) is 23.7 Å². The van der Waals surface area contributed by atoms with Gasteiger partial charge in [0.05, 0.1) is 11.8 Å². The first-order chi connectivity index (χ1) is 8.70. The van der Waals surface area contributed by atoms with Gasteiger partial charge in [0.1, 0.15) is 12.4 Å². The first-order valence-corrected chi connectivity index (χ1v) is 5.21. The number of rotatable bonds is 5. The maximum absolute atomic E-state index is 11.0. The van der Waals surface area contributed by atoms with E-state index in [2.05, 4.69) is 11.6 Å². The van der Waals surface area contributed by atoms with Gasteiger partial charge in [-0.1, -0.05) is 12.7 Å². The number of aromatic carboxylic acids is 1. The molecule has 0 saturated heterocycles. The molecule has 2 aromatic rings. The lowest BCUT2D eigenvalue weighted by molar-refractivity contribution is 0.0696. The van der Waals surface area contributed by atoms with Crippen molar-refractivity contribution in [2.24, 2.45) is 0 Å². The fourth-order valence-corrected chi connectivity index (χ4v) is 1.46. The Morgan fingerprint density at radius 1 is 1.50 bits per heavy atom. The smallest absolute Gasteiger partial charge is 0.335 e.